The fourth-order valence-electron chi connectivity index (χ4n) is 0.982. The van der Waals surface area contributed by atoms with Crippen molar-refractivity contribution in [2.24, 2.45) is 10.2 Å². The summed E-state index contributed by atoms with van der Waals surface area (Å²) in [4.78, 5) is 0. The van der Waals surface area contributed by atoms with Gasteiger partial charge < -0.3 is 5.11 Å². The largest absolute Gasteiger partial charge is 0.392 e. The van der Waals surface area contributed by atoms with E-state index in [1.807, 2.05) is 24.3 Å². The normalized spacial score (nSPS) is 17.8. The quantitative estimate of drug-likeness (QED) is 0.552. The Kier molecular flexibility index (Phi) is 1.63. The third-order valence-corrected chi connectivity index (χ3v) is 2.15. The number of hydrogen-bond acceptors (Lipinski definition) is 3. The van der Waals surface area contributed by atoms with E-state index in [1.54, 1.807) is 0 Å². The van der Waals surface area contributed by atoms with Crippen molar-refractivity contribution in [2.45, 2.75) is 11.7 Å². The Morgan fingerprint density at radius 3 is 2.25 bits per heavy atom. The van der Waals surface area contributed by atoms with Gasteiger partial charge in [0.15, 0.2) is 0 Å². The molecule has 1 heterocycles. The van der Waals surface area contributed by atoms with Crippen LogP contribution in [0.2, 0.25) is 0 Å². The van der Waals surface area contributed by atoms with Crippen LogP contribution < -0.4 is 0 Å². The molecule has 0 saturated carbocycles. The predicted molar refractivity (Wildman–Crippen MR) is 44.8 cm³/mol. The molecule has 0 unspecified atom stereocenters. The minimum atomic E-state index is -0.825. The van der Waals surface area contributed by atoms with Gasteiger partial charge in [-0.25, -0.2) is 0 Å². The van der Waals surface area contributed by atoms with Crippen LogP contribution in [-0.4, -0.2) is 5.11 Å². The molecule has 0 aliphatic carbocycles. The average molecular weight is 183 g/mol. The fraction of sp³-hybridized carbons (Fsp3) is 0.250. The summed E-state index contributed by atoms with van der Waals surface area (Å²) in [6, 6.07) is 7.25. The molecular weight excluding hydrogens is 176 g/mol. The molecule has 0 aromatic heterocycles. The third-order valence-electron chi connectivity index (χ3n) is 1.78. The summed E-state index contributed by atoms with van der Waals surface area (Å²) in [6.07, 6.45) is 0. The molecule has 12 heavy (non-hydrogen) atoms. The summed E-state index contributed by atoms with van der Waals surface area (Å²) >= 11 is 5.87. The Bertz CT molecular complexity index is 314. The highest BCUT2D eigenvalue weighted by atomic mass is 35.5. The standard InChI is InChI=1S/C8H7ClN2O/c9-8(10-11-8)7-3-1-6(5-12)2-4-7/h1-4,12H,5H2. The fourth-order valence-corrected chi connectivity index (χ4v) is 1.15. The van der Waals surface area contributed by atoms with Crippen LogP contribution in [0.4, 0.5) is 0 Å². The van der Waals surface area contributed by atoms with Gasteiger partial charge in [-0.3, -0.25) is 0 Å². The lowest BCUT2D eigenvalue weighted by Gasteiger charge is -2.02. The molecular formula is C8H7ClN2O. The van der Waals surface area contributed by atoms with Crippen molar-refractivity contribution in [1.82, 2.24) is 0 Å². The maximum Gasteiger partial charge on any atom is 0.289 e. The molecule has 3 nitrogen and oxygen atoms in total. The molecule has 1 aliphatic rings. The molecule has 0 bridgehead atoms. The molecule has 62 valence electrons. The number of rotatable bonds is 2. The van der Waals surface area contributed by atoms with Gasteiger partial charge in [-0.15, -0.1) is 10.2 Å². The van der Waals surface area contributed by atoms with Gasteiger partial charge in [-0.1, -0.05) is 35.9 Å². The smallest absolute Gasteiger partial charge is 0.289 e. The van der Waals surface area contributed by atoms with E-state index in [1.165, 1.54) is 0 Å². The molecule has 1 N–H and O–H groups in total. The highest BCUT2D eigenvalue weighted by molar-refractivity contribution is 6.24. The molecule has 1 aliphatic heterocycles. The molecule has 1 aromatic rings. The zero-order valence-corrected chi connectivity index (χ0v) is 6.99. The first-order valence-corrected chi connectivity index (χ1v) is 3.96. The minimum Gasteiger partial charge on any atom is -0.392 e. The SMILES string of the molecule is OCc1ccc(C2(Cl)N=N2)cc1. The van der Waals surface area contributed by atoms with Crippen LogP contribution in [0.15, 0.2) is 34.5 Å². The Balaban J connectivity index is 2.25. The van der Waals surface area contributed by atoms with E-state index in [2.05, 4.69) is 10.2 Å². The number of nitrogens with zero attached hydrogens (tertiary/aromatic N) is 2. The maximum atomic E-state index is 8.77. The van der Waals surface area contributed by atoms with Crippen LogP contribution in [0.1, 0.15) is 11.1 Å². The van der Waals surface area contributed by atoms with Crippen molar-refractivity contribution in [3.05, 3.63) is 35.4 Å². The number of alkyl halides is 1. The topological polar surface area (TPSA) is 45.0 Å². The lowest BCUT2D eigenvalue weighted by atomic mass is 10.1. The Morgan fingerprint density at radius 2 is 1.83 bits per heavy atom. The van der Waals surface area contributed by atoms with Crippen molar-refractivity contribution in [3.8, 4) is 0 Å². The summed E-state index contributed by atoms with van der Waals surface area (Å²) in [5.74, 6) is 0. The molecule has 0 saturated heterocycles. The Hall–Kier alpha value is -0.930. The van der Waals surface area contributed by atoms with Crippen molar-refractivity contribution < 1.29 is 5.11 Å². The van der Waals surface area contributed by atoms with Crippen LogP contribution in [-0.2, 0) is 11.7 Å². The van der Waals surface area contributed by atoms with Gasteiger partial charge in [0, 0.05) is 5.56 Å². The van der Waals surface area contributed by atoms with Crippen LogP contribution in [0.5, 0.6) is 0 Å². The van der Waals surface area contributed by atoms with Crippen molar-refractivity contribution in [1.29, 1.82) is 0 Å². The zero-order chi connectivity index (χ0) is 8.60. The lowest BCUT2D eigenvalue weighted by molar-refractivity contribution is 0.282. The van der Waals surface area contributed by atoms with Crippen molar-refractivity contribution in [3.63, 3.8) is 0 Å². The van der Waals surface area contributed by atoms with Gasteiger partial charge >= 0.3 is 0 Å². The number of hydrogen-bond donors (Lipinski definition) is 1. The summed E-state index contributed by atoms with van der Waals surface area (Å²) < 4.78 is 0. The zero-order valence-electron chi connectivity index (χ0n) is 6.24. The first kappa shape index (κ1) is 7.71. The van der Waals surface area contributed by atoms with Gasteiger partial charge in [-0.05, 0) is 5.56 Å². The van der Waals surface area contributed by atoms with Crippen LogP contribution in [0.25, 0.3) is 0 Å². The molecule has 4 heteroatoms. The molecule has 0 atom stereocenters. The van der Waals surface area contributed by atoms with E-state index in [0.29, 0.717) is 0 Å². The second-order valence-corrected chi connectivity index (χ2v) is 3.17. The molecule has 2 rings (SSSR count). The third kappa shape index (κ3) is 1.21. The van der Waals surface area contributed by atoms with Crippen LogP contribution >= 0.6 is 11.6 Å². The predicted octanol–water partition coefficient (Wildman–Crippen LogP) is 1.99. The molecule has 0 radical (unpaired) electrons. The van der Waals surface area contributed by atoms with Gasteiger partial charge in [0.1, 0.15) is 0 Å². The van der Waals surface area contributed by atoms with E-state index >= 15 is 0 Å². The summed E-state index contributed by atoms with van der Waals surface area (Å²) in [6.45, 7) is 0.0455. The number of aliphatic hydroxyl groups excluding tert-OH is 1. The number of halogens is 1. The highest BCUT2D eigenvalue weighted by Gasteiger charge is 2.39. The number of benzene rings is 1. The molecule has 0 fully saturated rings. The summed E-state index contributed by atoms with van der Waals surface area (Å²) in [7, 11) is 0. The van der Waals surface area contributed by atoms with Gasteiger partial charge in [0.05, 0.1) is 6.61 Å². The molecule has 1 aromatic carbocycles. The second-order valence-electron chi connectivity index (χ2n) is 2.64. The Labute approximate surface area is 74.7 Å². The lowest BCUT2D eigenvalue weighted by Crippen LogP contribution is -1.97. The summed E-state index contributed by atoms with van der Waals surface area (Å²) in [5.41, 5.74) is 1.71. The van der Waals surface area contributed by atoms with Crippen molar-refractivity contribution in [2.75, 3.05) is 0 Å². The summed E-state index contributed by atoms with van der Waals surface area (Å²) in [5, 5.41) is 15.3. The van der Waals surface area contributed by atoms with E-state index in [9.17, 15) is 0 Å². The van der Waals surface area contributed by atoms with Gasteiger partial charge in [-0.2, -0.15) is 0 Å². The van der Waals surface area contributed by atoms with Crippen molar-refractivity contribution >= 4 is 11.6 Å². The minimum absolute atomic E-state index is 0.0455. The monoisotopic (exact) mass is 182 g/mol. The first-order valence-electron chi connectivity index (χ1n) is 3.58. The van der Waals surface area contributed by atoms with E-state index < -0.39 is 5.12 Å². The molecule has 0 spiro atoms. The van der Waals surface area contributed by atoms with Crippen LogP contribution in [0.3, 0.4) is 0 Å². The van der Waals surface area contributed by atoms with E-state index in [4.69, 9.17) is 16.7 Å². The number of aliphatic hydroxyl groups is 1. The second kappa shape index (κ2) is 2.54. The molecule has 0 amide bonds. The average Bonchev–Trinajstić information content (AvgIpc) is 2.85. The van der Waals surface area contributed by atoms with Crippen LogP contribution in [0, 0.1) is 0 Å². The van der Waals surface area contributed by atoms with E-state index in [-0.39, 0.29) is 6.61 Å². The maximum absolute atomic E-state index is 8.77. The Morgan fingerprint density at radius 1 is 1.25 bits per heavy atom. The van der Waals surface area contributed by atoms with E-state index in [0.717, 1.165) is 11.1 Å². The van der Waals surface area contributed by atoms with Gasteiger partial charge in [0.2, 0.25) is 0 Å². The first-order chi connectivity index (χ1) is 5.74. The van der Waals surface area contributed by atoms with Gasteiger partial charge in [0.25, 0.3) is 5.12 Å². The highest BCUT2D eigenvalue weighted by Crippen LogP contribution is 2.43.